The highest BCUT2D eigenvalue weighted by Gasteiger charge is 2.08. The molecule has 0 amide bonds. The number of hydrogen-bond acceptors (Lipinski definition) is 5. The van der Waals surface area contributed by atoms with Gasteiger partial charge in [-0.05, 0) is 88.3 Å². The molecule has 2 aromatic carbocycles. The van der Waals surface area contributed by atoms with Crippen molar-refractivity contribution in [2.45, 2.75) is 39.5 Å². The lowest BCUT2D eigenvalue weighted by atomic mass is 10.1. The number of hydrogen-bond donors (Lipinski definition) is 2. The quantitative estimate of drug-likeness (QED) is 0.337. The summed E-state index contributed by atoms with van der Waals surface area (Å²) in [6.45, 7) is 10.0. The molecule has 0 unspecified atom stereocenters. The van der Waals surface area contributed by atoms with Crippen molar-refractivity contribution in [3.63, 3.8) is 0 Å². The molecule has 1 heterocycles. The predicted molar refractivity (Wildman–Crippen MR) is 126 cm³/mol. The van der Waals surface area contributed by atoms with E-state index in [2.05, 4.69) is 60.9 Å². The van der Waals surface area contributed by atoms with E-state index in [1.165, 1.54) is 33.0 Å². The molecular formula is C24H34N2O2S. The smallest absolute Gasteiger partial charge is 0.120 e. The van der Waals surface area contributed by atoms with E-state index in [4.69, 9.17) is 9.47 Å². The van der Waals surface area contributed by atoms with Crippen molar-refractivity contribution in [3.8, 4) is 11.5 Å². The van der Waals surface area contributed by atoms with Crippen LogP contribution in [-0.4, -0.2) is 39.4 Å². The van der Waals surface area contributed by atoms with Gasteiger partial charge >= 0.3 is 0 Å². The van der Waals surface area contributed by atoms with E-state index < -0.39 is 0 Å². The predicted octanol–water partition coefficient (Wildman–Crippen LogP) is 5.59. The van der Waals surface area contributed by atoms with Gasteiger partial charge in [0.05, 0.1) is 13.2 Å². The zero-order chi connectivity index (χ0) is 20.3. The maximum absolute atomic E-state index is 5.96. The van der Waals surface area contributed by atoms with E-state index in [-0.39, 0.29) is 0 Å². The molecule has 0 saturated heterocycles. The van der Waals surface area contributed by atoms with E-state index in [1.807, 2.05) is 11.3 Å². The molecule has 0 atom stereocenters. The van der Waals surface area contributed by atoms with Gasteiger partial charge in [0.25, 0.3) is 0 Å². The van der Waals surface area contributed by atoms with Gasteiger partial charge in [0.15, 0.2) is 0 Å². The lowest BCUT2D eigenvalue weighted by Gasteiger charge is -2.07. The van der Waals surface area contributed by atoms with Crippen LogP contribution in [0, 0.1) is 0 Å². The van der Waals surface area contributed by atoms with Crippen molar-refractivity contribution in [2.24, 2.45) is 0 Å². The lowest BCUT2D eigenvalue weighted by molar-refractivity contribution is 0.308. The second-order valence-corrected chi connectivity index (χ2v) is 8.41. The summed E-state index contributed by atoms with van der Waals surface area (Å²) in [5.41, 5.74) is 0. The Balaban J connectivity index is 1.56. The van der Waals surface area contributed by atoms with Gasteiger partial charge in [-0.2, -0.15) is 0 Å². The third-order valence-corrected chi connectivity index (χ3v) is 5.93. The van der Waals surface area contributed by atoms with Gasteiger partial charge < -0.3 is 20.1 Å². The maximum Gasteiger partial charge on any atom is 0.120 e. The Morgan fingerprint density at radius 2 is 1.31 bits per heavy atom. The van der Waals surface area contributed by atoms with E-state index in [9.17, 15) is 0 Å². The molecule has 5 heteroatoms. The second-order valence-electron chi connectivity index (χ2n) is 7.32. The van der Waals surface area contributed by atoms with Crippen LogP contribution in [-0.2, 0) is 0 Å². The molecule has 1 aromatic heterocycles. The summed E-state index contributed by atoms with van der Waals surface area (Å²) in [5.74, 6) is 1.91. The second kappa shape index (κ2) is 12.0. The van der Waals surface area contributed by atoms with Crippen LogP contribution in [0.4, 0.5) is 0 Å². The van der Waals surface area contributed by atoms with Crippen LogP contribution >= 0.6 is 11.3 Å². The Hall–Kier alpha value is -1.82. The Morgan fingerprint density at radius 1 is 0.690 bits per heavy atom. The molecule has 0 bridgehead atoms. The lowest BCUT2D eigenvalue weighted by Crippen LogP contribution is -2.18. The molecule has 0 saturated carbocycles. The monoisotopic (exact) mass is 414 g/mol. The summed E-state index contributed by atoms with van der Waals surface area (Å²) in [6, 6.07) is 12.9. The van der Waals surface area contributed by atoms with E-state index in [1.54, 1.807) is 0 Å². The molecule has 158 valence electrons. The topological polar surface area (TPSA) is 42.5 Å². The minimum absolute atomic E-state index is 0.745. The van der Waals surface area contributed by atoms with Crippen LogP contribution in [0.25, 0.3) is 20.2 Å². The molecule has 0 fully saturated rings. The Labute approximate surface area is 178 Å². The fourth-order valence-corrected chi connectivity index (χ4v) is 4.41. The summed E-state index contributed by atoms with van der Waals surface area (Å²) in [5, 5.41) is 9.36. The van der Waals surface area contributed by atoms with Gasteiger partial charge in [-0.15, -0.1) is 11.3 Å². The molecule has 0 radical (unpaired) electrons. The van der Waals surface area contributed by atoms with Crippen LogP contribution in [0.2, 0.25) is 0 Å². The first-order chi connectivity index (χ1) is 14.3. The minimum Gasteiger partial charge on any atom is -0.494 e. The molecule has 0 spiro atoms. The zero-order valence-corrected chi connectivity index (χ0v) is 18.6. The highest BCUT2D eigenvalue weighted by Crippen LogP contribution is 2.37. The summed E-state index contributed by atoms with van der Waals surface area (Å²) >= 11 is 1.81. The number of fused-ring (bicyclic) bond motifs is 3. The molecule has 3 aromatic rings. The maximum atomic E-state index is 5.96. The fraction of sp³-hybridized carbons (Fsp3) is 0.500. The summed E-state index contributed by atoms with van der Waals surface area (Å²) in [6.07, 6.45) is 4.40. The van der Waals surface area contributed by atoms with Crippen molar-refractivity contribution in [2.75, 3.05) is 39.4 Å². The van der Waals surface area contributed by atoms with Crippen molar-refractivity contribution < 1.29 is 9.47 Å². The van der Waals surface area contributed by atoms with Crippen molar-refractivity contribution >= 4 is 31.5 Å². The van der Waals surface area contributed by atoms with Gasteiger partial charge in [0.1, 0.15) is 11.5 Å². The van der Waals surface area contributed by atoms with Gasteiger partial charge in [-0.3, -0.25) is 0 Å². The molecule has 0 aliphatic heterocycles. The number of thiophene rings is 1. The number of nitrogens with one attached hydrogen (secondary N) is 2. The summed E-state index contributed by atoms with van der Waals surface area (Å²) in [4.78, 5) is 0. The first kappa shape index (κ1) is 21.9. The average molecular weight is 415 g/mol. The molecule has 2 N–H and O–H groups in total. The molecule has 0 aliphatic rings. The molecule has 4 nitrogen and oxygen atoms in total. The van der Waals surface area contributed by atoms with Crippen LogP contribution < -0.4 is 20.1 Å². The minimum atomic E-state index is 0.745. The SMILES string of the molecule is CCCNCCCOc1ccc2c(c1)sc1ccc(OCCCNCCC)cc12. The highest BCUT2D eigenvalue weighted by atomic mass is 32.1. The number of rotatable bonds is 14. The molecule has 29 heavy (non-hydrogen) atoms. The van der Waals surface area contributed by atoms with Gasteiger partial charge in [0.2, 0.25) is 0 Å². The van der Waals surface area contributed by atoms with Crippen LogP contribution in [0.5, 0.6) is 11.5 Å². The number of ether oxygens (including phenoxy) is 2. The molecular weight excluding hydrogens is 380 g/mol. The Bertz CT molecular complexity index is 878. The van der Waals surface area contributed by atoms with Crippen LogP contribution in [0.3, 0.4) is 0 Å². The van der Waals surface area contributed by atoms with Gasteiger partial charge in [0, 0.05) is 20.2 Å². The first-order valence-electron chi connectivity index (χ1n) is 10.9. The van der Waals surface area contributed by atoms with E-state index in [0.29, 0.717) is 0 Å². The Morgan fingerprint density at radius 3 is 1.97 bits per heavy atom. The van der Waals surface area contributed by atoms with E-state index >= 15 is 0 Å². The van der Waals surface area contributed by atoms with Gasteiger partial charge in [-0.1, -0.05) is 13.8 Å². The zero-order valence-electron chi connectivity index (χ0n) is 17.8. The van der Waals surface area contributed by atoms with Gasteiger partial charge in [-0.25, -0.2) is 0 Å². The standard InChI is InChI=1S/C24H34N2O2S/c1-3-11-25-13-5-15-27-19-8-10-23-22(17-19)21-9-7-20(18-24(21)29-23)28-16-6-14-26-12-4-2/h7-10,17-18,25-26H,3-6,11-16H2,1-2H3. The number of benzene rings is 2. The molecule has 3 rings (SSSR count). The largest absolute Gasteiger partial charge is 0.494 e. The third-order valence-electron chi connectivity index (χ3n) is 4.80. The van der Waals surface area contributed by atoms with Crippen molar-refractivity contribution in [1.29, 1.82) is 0 Å². The normalized spacial score (nSPS) is 11.4. The summed E-state index contributed by atoms with van der Waals surface area (Å²) in [7, 11) is 0. The van der Waals surface area contributed by atoms with Crippen molar-refractivity contribution in [1.82, 2.24) is 10.6 Å². The van der Waals surface area contributed by atoms with Crippen LogP contribution in [0.15, 0.2) is 36.4 Å². The van der Waals surface area contributed by atoms with Crippen LogP contribution in [0.1, 0.15) is 39.5 Å². The van der Waals surface area contributed by atoms with E-state index in [0.717, 1.165) is 63.7 Å². The summed E-state index contributed by atoms with van der Waals surface area (Å²) < 4.78 is 14.5. The first-order valence-corrected chi connectivity index (χ1v) is 11.8. The third kappa shape index (κ3) is 6.59. The Kier molecular flexibility index (Phi) is 9.06. The highest BCUT2D eigenvalue weighted by molar-refractivity contribution is 7.25. The molecule has 0 aliphatic carbocycles. The van der Waals surface area contributed by atoms with Crippen molar-refractivity contribution in [3.05, 3.63) is 36.4 Å². The fourth-order valence-electron chi connectivity index (χ4n) is 3.29. The average Bonchev–Trinajstić information content (AvgIpc) is 3.10.